The van der Waals surface area contributed by atoms with Gasteiger partial charge in [-0.3, -0.25) is 4.79 Å². The zero-order chi connectivity index (χ0) is 10.7. The normalized spacial score (nSPS) is 32.7. The molecule has 2 atom stereocenters. The van der Waals surface area contributed by atoms with Gasteiger partial charge in [-0.05, 0) is 19.8 Å². The van der Waals surface area contributed by atoms with Crippen molar-refractivity contribution in [1.82, 2.24) is 10.2 Å². The van der Waals surface area contributed by atoms with Gasteiger partial charge < -0.3 is 15.0 Å². The van der Waals surface area contributed by atoms with E-state index in [9.17, 15) is 4.79 Å². The second-order valence-electron chi connectivity index (χ2n) is 4.52. The average Bonchev–Trinajstić information content (AvgIpc) is 2.30. The van der Waals surface area contributed by atoms with Crippen molar-refractivity contribution in [3.8, 4) is 0 Å². The van der Waals surface area contributed by atoms with Crippen LogP contribution in [0, 0.1) is 5.92 Å². The van der Waals surface area contributed by atoms with Crippen molar-refractivity contribution in [3.63, 3.8) is 0 Å². The lowest BCUT2D eigenvalue weighted by atomic mass is 9.94. The summed E-state index contributed by atoms with van der Waals surface area (Å²) in [5.41, 5.74) is 0. The lowest BCUT2D eigenvalue weighted by molar-refractivity contribution is -0.140. The van der Waals surface area contributed by atoms with E-state index >= 15 is 0 Å². The molecule has 4 heteroatoms. The lowest BCUT2D eigenvalue weighted by Gasteiger charge is -2.33. The predicted molar refractivity (Wildman–Crippen MR) is 57.6 cm³/mol. The molecule has 0 bridgehead atoms. The third-order valence-corrected chi connectivity index (χ3v) is 3.33. The van der Waals surface area contributed by atoms with Crippen molar-refractivity contribution in [2.45, 2.75) is 25.8 Å². The molecule has 2 saturated heterocycles. The fraction of sp³-hybridized carbons (Fsp3) is 0.909. The van der Waals surface area contributed by atoms with Crippen LogP contribution in [0.5, 0.6) is 0 Å². The minimum absolute atomic E-state index is 0.194. The number of nitrogens with one attached hydrogen (secondary N) is 1. The highest BCUT2D eigenvalue weighted by Gasteiger charge is 2.28. The fourth-order valence-electron chi connectivity index (χ4n) is 2.25. The summed E-state index contributed by atoms with van der Waals surface area (Å²) in [4.78, 5) is 14.0. The van der Waals surface area contributed by atoms with E-state index in [1.165, 1.54) is 0 Å². The molecule has 15 heavy (non-hydrogen) atoms. The third kappa shape index (κ3) is 2.69. The van der Waals surface area contributed by atoms with Gasteiger partial charge in [-0.2, -0.15) is 0 Å². The monoisotopic (exact) mass is 212 g/mol. The number of amides is 1. The summed E-state index contributed by atoms with van der Waals surface area (Å²) in [7, 11) is 0. The number of carbonyl (C=O) groups excluding carboxylic acids is 1. The summed E-state index contributed by atoms with van der Waals surface area (Å²) in [5.74, 6) is 0.511. The second kappa shape index (κ2) is 4.94. The molecular formula is C11H20N2O2. The van der Waals surface area contributed by atoms with E-state index in [0.29, 0.717) is 25.2 Å². The van der Waals surface area contributed by atoms with Crippen LogP contribution in [0.1, 0.15) is 19.8 Å². The Morgan fingerprint density at radius 1 is 1.33 bits per heavy atom. The van der Waals surface area contributed by atoms with Crippen LogP contribution in [-0.4, -0.2) is 49.7 Å². The van der Waals surface area contributed by atoms with E-state index in [4.69, 9.17) is 4.74 Å². The first-order valence-corrected chi connectivity index (χ1v) is 5.87. The van der Waals surface area contributed by atoms with Gasteiger partial charge in [0, 0.05) is 25.7 Å². The molecule has 0 aromatic rings. The van der Waals surface area contributed by atoms with E-state index in [2.05, 4.69) is 12.2 Å². The second-order valence-corrected chi connectivity index (χ2v) is 4.52. The molecule has 2 rings (SSSR count). The minimum Gasteiger partial charge on any atom is -0.378 e. The Labute approximate surface area is 91.0 Å². The first kappa shape index (κ1) is 10.9. The van der Waals surface area contributed by atoms with Gasteiger partial charge in [0.15, 0.2) is 0 Å². The summed E-state index contributed by atoms with van der Waals surface area (Å²) in [6, 6.07) is 0.568. The van der Waals surface area contributed by atoms with E-state index in [1.807, 2.05) is 4.90 Å². The molecule has 2 heterocycles. The van der Waals surface area contributed by atoms with Crippen LogP contribution < -0.4 is 5.32 Å². The Kier molecular flexibility index (Phi) is 3.59. The van der Waals surface area contributed by atoms with Gasteiger partial charge in [0.05, 0.1) is 19.1 Å². The quantitative estimate of drug-likeness (QED) is 0.676. The number of ether oxygens (including phenoxy) is 1. The Balaban J connectivity index is 1.84. The number of carbonyl (C=O) groups is 1. The first-order chi connectivity index (χ1) is 7.27. The standard InChI is InChI=1S/C11H20N2O2/c1-9-2-3-10(8-12-9)11(14)13-4-6-15-7-5-13/h9-10,12H,2-8H2,1H3. The SMILES string of the molecule is CC1CCC(C(=O)N2CCOCC2)CN1. The van der Waals surface area contributed by atoms with Crippen molar-refractivity contribution in [3.05, 3.63) is 0 Å². The zero-order valence-corrected chi connectivity index (χ0v) is 9.37. The molecule has 0 aliphatic carbocycles. The van der Waals surface area contributed by atoms with Crippen LogP contribution in [0.25, 0.3) is 0 Å². The molecule has 0 aromatic carbocycles. The number of hydrogen-bond donors (Lipinski definition) is 1. The lowest BCUT2D eigenvalue weighted by Crippen LogP contribution is -2.48. The zero-order valence-electron chi connectivity index (χ0n) is 9.37. The molecule has 1 N–H and O–H groups in total. The summed E-state index contributed by atoms with van der Waals surface area (Å²) in [6.45, 7) is 5.95. The van der Waals surface area contributed by atoms with Crippen LogP contribution in [0.4, 0.5) is 0 Å². The van der Waals surface area contributed by atoms with Gasteiger partial charge in [-0.25, -0.2) is 0 Å². The molecule has 0 radical (unpaired) electrons. The molecule has 0 spiro atoms. The maximum Gasteiger partial charge on any atom is 0.227 e. The van der Waals surface area contributed by atoms with Gasteiger partial charge in [0.2, 0.25) is 5.91 Å². The minimum atomic E-state index is 0.194. The molecule has 2 aliphatic heterocycles. The summed E-state index contributed by atoms with van der Waals surface area (Å²) in [6.07, 6.45) is 2.14. The summed E-state index contributed by atoms with van der Waals surface area (Å²) >= 11 is 0. The number of morpholine rings is 1. The number of hydrogen-bond acceptors (Lipinski definition) is 3. The molecule has 2 fully saturated rings. The number of nitrogens with zero attached hydrogens (tertiary/aromatic N) is 1. The molecule has 1 amide bonds. The highest BCUT2D eigenvalue weighted by molar-refractivity contribution is 5.79. The fourth-order valence-corrected chi connectivity index (χ4v) is 2.25. The molecule has 2 unspecified atom stereocenters. The molecule has 0 aromatic heterocycles. The molecular weight excluding hydrogens is 192 g/mol. The summed E-state index contributed by atoms with van der Waals surface area (Å²) in [5, 5.41) is 3.37. The van der Waals surface area contributed by atoms with Crippen molar-refractivity contribution >= 4 is 5.91 Å². The smallest absolute Gasteiger partial charge is 0.227 e. The van der Waals surface area contributed by atoms with Crippen molar-refractivity contribution in [2.24, 2.45) is 5.92 Å². The number of piperidine rings is 1. The van der Waals surface area contributed by atoms with Crippen molar-refractivity contribution in [1.29, 1.82) is 0 Å². The largest absolute Gasteiger partial charge is 0.378 e. The molecule has 4 nitrogen and oxygen atoms in total. The number of rotatable bonds is 1. The van der Waals surface area contributed by atoms with E-state index in [0.717, 1.165) is 32.5 Å². The van der Waals surface area contributed by atoms with Gasteiger partial charge in [-0.15, -0.1) is 0 Å². The third-order valence-electron chi connectivity index (χ3n) is 3.33. The predicted octanol–water partition coefficient (Wildman–Crippen LogP) is 0.233. The van der Waals surface area contributed by atoms with E-state index < -0.39 is 0 Å². The van der Waals surface area contributed by atoms with Crippen LogP contribution >= 0.6 is 0 Å². The Morgan fingerprint density at radius 2 is 2.07 bits per heavy atom. The van der Waals surface area contributed by atoms with Crippen LogP contribution in [0.15, 0.2) is 0 Å². The van der Waals surface area contributed by atoms with Gasteiger partial charge in [0.25, 0.3) is 0 Å². The maximum atomic E-state index is 12.1. The molecule has 86 valence electrons. The van der Waals surface area contributed by atoms with Gasteiger partial charge >= 0.3 is 0 Å². The van der Waals surface area contributed by atoms with Crippen LogP contribution in [0.3, 0.4) is 0 Å². The van der Waals surface area contributed by atoms with E-state index in [1.54, 1.807) is 0 Å². The average molecular weight is 212 g/mol. The van der Waals surface area contributed by atoms with Crippen LogP contribution in [-0.2, 0) is 9.53 Å². The molecule has 2 aliphatic rings. The molecule has 0 saturated carbocycles. The van der Waals surface area contributed by atoms with Gasteiger partial charge in [-0.1, -0.05) is 0 Å². The first-order valence-electron chi connectivity index (χ1n) is 5.87. The van der Waals surface area contributed by atoms with Crippen molar-refractivity contribution < 1.29 is 9.53 Å². The van der Waals surface area contributed by atoms with Gasteiger partial charge in [0.1, 0.15) is 0 Å². The maximum absolute atomic E-state index is 12.1. The van der Waals surface area contributed by atoms with E-state index in [-0.39, 0.29) is 5.92 Å². The van der Waals surface area contributed by atoms with Crippen LogP contribution in [0.2, 0.25) is 0 Å². The summed E-state index contributed by atoms with van der Waals surface area (Å²) < 4.78 is 5.24. The van der Waals surface area contributed by atoms with Crippen molar-refractivity contribution in [2.75, 3.05) is 32.8 Å². The Morgan fingerprint density at radius 3 is 2.67 bits per heavy atom. The Bertz CT molecular complexity index is 219. The highest BCUT2D eigenvalue weighted by Crippen LogP contribution is 2.17. The highest BCUT2D eigenvalue weighted by atomic mass is 16.5. The topological polar surface area (TPSA) is 41.6 Å². The Hall–Kier alpha value is -0.610.